The lowest BCUT2D eigenvalue weighted by molar-refractivity contribution is -0.126. The summed E-state index contributed by atoms with van der Waals surface area (Å²) in [5.74, 6) is 0.744. The zero-order valence-electron chi connectivity index (χ0n) is 13.9. The van der Waals surface area contributed by atoms with Crippen molar-refractivity contribution < 1.29 is 9.53 Å². The van der Waals surface area contributed by atoms with Crippen LogP contribution in [0.1, 0.15) is 31.6 Å². The van der Waals surface area contributed by atoms with Gasteiger partial charge in [-0.2, -0.15) is 0 Å². The fourth-order valence-corrected chi connectivity index (χ4v) is 3.24. The average molecular weight is 332 g/mol. The lowest BCUT2D eigenvalue weighted by Crippen LogP contribution is -2.51. The third-order valence-electron chi connectivity index (χ3n) is 3.79. The number of carbonyl (C=O) groups is 1. The smallest absolute Gasteiger partial charge is 0.240 e. The Hall–Kier alpha value is -1.85. The first-order valence-corrected chi connectivity index (χ1v) is 8.63. The van der Waals surface area contributed by atoms with Gasteiger partial charge in [-0.1, -0.05) is 25.5 Å². The fourth-order valence-electron chi connectivity index (χ4n) is 2.41. The number of amides is 1. The molecule has 0 aliphatic carbocycles. The van der Waals surface area contributed by atoms with Gasteiger partial charge in [-0.25, -0.2) is 0 Å². The van der Waals surface area contributed by atoms with Crippen LogP contribution in [0.3, 0.4) is 0 Å². The van der Waals surface area contributed by atoms with Gasteiger partial charge in [0.2, 0.25) is 5.91 Å². The minimum Gasteiger partial charge on any atom is -0.497 e. The molecule has 0 bridgehead atoms. The molecule has 23 heavy (non-hydrogen) atoms. The summed E-state index contributed by atoms with van der Waals surface area (Å²) in [6.45, 7) is 4.32. The number of nitrogens with two attached hydrogens (primary N) is 1. The molecule has 0 spiro atoms. The Morgan fingerprint density at radius 1 is 1.30 bits per heavy atom. The van der Waals surface area contributed by atoms with E-state index in [1.807, 2.05) is 31.2 Å². The highest BCUT2D eigenvalue weighted by Crippen LogP contribution is 2.27. The molecule has 1 aromatic carbocycles. The number of carbonyl (C=O) groups excluding carboxylic acids is 1. The Labute approximate surface area is 141 Å². The number of nitrogens with one attached hydrogen (secondary N) is 1. The van der Waals surface area contributed by atoms with E-state index in [4.69, 9.17) is 10.5 Å². The highest BCUT2D eigenvalue weighted by Gasteiger charge is 2.26. The first-order valence-electron chi connectivity index (χ1n) is 7.75. The molecule has 0 saturated carbocycles. The van der Waals surface area contributed by atoms with Crippen molar-refractivity contribution in [2.24, 2.45) is 5.73 Å². The van der Waals surface area contributed by atoms with Gasteiger partial charge >= 0.3 is 0 Å². The maximum absolute atomic E-state index is 12.1. The lowest BCUT2D eigenvalue weighted by atomic mass is 9.96. The zero-order valence-corrected chi connectivity index (χ0v) is 14.7. The van der Waals surface area contributed by atoms with Crippen molar-refractivity contribution >= 4 is 17.2 Å². The van der Waals surface area contributed by atoms with Crippen molar-refractivity contribution in [3.63, 3.8) is 0 Å². The first kappa shape index (κ1) is 17.5. The zero-order chi connectivity index (χ0) is 16.9. The van der Waals surface area contributed by atoms with Gasteiger partial charge in [-0.15, -0.1) is 11.3 Å². The fraction of sp³-hybridized carbons (Fsp3) is 0.389. The van der Waals surface area contributed by atoms with Crippen molar-refractivity contribution in [3.8, 4) is 16.9 Å². The van der Waals surface area contributed by atoms with E-state index in [-0.39, 0.29) is 5.91 Å². The molecule has 5 heteroatoms. The van der Waals surface area contributed by atoms with Gasteiger partial charge < -0.3 is 15.8 Å². The molecule has 0 aliphatic heterocycles. The maximum atomic E-state index is 12.1. The summed E-state index contributed by atoms with van der Waals surface area (Å²) >= 11 is 1.63. The average Bonchev–Trinajstić information content (AvgIpc) is 3.01. The molecule has 0 saturated heterocycles. The molecule has 3 N–H and O–H groups in total. The molecule has 4 nitrogen and oxygen atoms in total. The van der Waals surface area contributed by atoms with Crippen LogP contribution in [0.5, 0.6) is 5.75 Å². The predicted molar refractivity (Wildman–Crippen MR) is 95.7 cm³/mol. The van der Waals surface area contributed by atoms with E-state index in [0.717, 1.165) is 28.2 Å². The van der Waals surface area contributed by atoms with Crippen LogP contribution in [0.15, 0.2) is 35.7 Å². The number of methoxy groups -OCH3 is 1. The quantitative estimate of drug-likeness (QED) is 0.815. The molecule has 1 heterocycles. The van der Waals surface area contributed by atoms with Crippen LogP contribution in [0, 0.1) is 0 Å². The van der Waals surface area contributed by atoms with Gasteiger partial charge in [-0.3, -0.25) is 4.79 Å². The van der Waals surface area contributed by atoms with Crippen LogP contribution in [0.4, 0.5) is 0 Å². The topological polar surface area (TPSA) is 64.4 Å². The molecule has 1 amide bonds. The van der Waals surface area contributed by atoms with E-state index in [9.17, 15) is 4.79 Å². The molecule has 1 aromatic heterocycles. The minimum absolute atomic E-state index is 0.0984. The van der Waals surface area contributed by atoms with E-state index >= 15 is 0 Å². The first-order chi connectivity index (χ1) is 11.0. The van der Waals surface area contributed by atoms with Crippen LogP contribution in [-0.2, 0) is 11.3 Å². The minimum atomic E-state index is -0.801. The summed E-state index contributed by atoms with van der Waals surface area (Å²) in [7, 11) is 1.66. The number of hydrogen-bond acceptors (Lipinski definition) is 4. The Balaban J connectivity index is 1.98. The van der Waals surface area contributed by atoms with Gasteiger partial charge in [0.25, 0.3) is 0 Å². The Kier molecular flexibility index (Phi) is 5.80. The molecule has 1 unspecified atom stereocenters. The van der Waals surface area contributed by atoms with Crippen LogP contribution >= 0.6 is 11.3 Å². The van der Waals surface area contributed by atoms with Crippen LogP contribution < -0.4 is 15.8 Å². The Morgan fingerprint density at radius 3 is 2.61 bits per heavy atom. The molecular formula is C18H24N2O2S. The van der Waals surface area contributed by atoms with Crippen molar-refractivity contribution in [3.05, 3.63) is 40.6 Å². The number of hydrogen-bond donors (Lipinski definition) is 2. The van der Waals surface area contributed by atoms with Crippen molar-refractivity contribution in [1.29, 1.82) is 0 Å². The lowest BCUT2D eigenvalue weighted by Gasteiger charge is -2.22. The second kappa shape index (κ2) is 7.62. The van der Waals surface area contributed by atoms with Gasteiger partial charge in [0.15, 0.2) is 0 Å². The molecule has 2 aromatic rings. The van der Waals surface area contributed by atoms with E-state index in [0.29, 0.717) is 13.0 Å². The van der Waals surface area contributed by atoms with E-state index in [2.05, 4.69) is 16.8 Å². The van der Waals surface area contributed by atoms with E-state index in [1.54, 1.807) is 25.4 Å². The molecule has 1 atom stereocenters. The summed E-state index contributed by atoms with van der Waals surface area (Å²) in [4.78, 5) is 13.2. The van der Waals surface area contributed by atoms with Gasteiger partial charge in [-0.05, 0) is 48.1 Å². The van der Waals surface area contributed by atoms with Crippen molar-refractivity contribution in [2.45, 2.75) is 38.8 Å². The highest BCUT2D eigenvalue weighted by molar-refractivity contribution is 7.10. The van der Waals surface area contributed by atoms with Crippen molar-refractivity contribution in [1.82, 2.24) is 5.32 Å². The summed E-state index contributed by atoms with van der Waals surface area (Å²) in [5.41, 5.74) is 7.52. The third-order valence-corrected chi connectivity index (χ3v) is 4.73. The van der Waals surface area contributed by atoms with E-state index in [1.165, 1.54) is 0 Å². The molecule has 0 fully saturated rings. The number of rotatable bonds is 7. The summed E-state index contributed by atoms with van der Waals surface area (Å²) < 4.78 is 5.17. The van der Waals surface area contributed by atoms with Crippen molar-refractivity contribution in [2.75, 3.05) is 7.11 Å². The van der Waals surface area contributed by atoms with E-state index < -0.39 is 5.54 Å². The number of ether oxygens (including phenoxy) is 1. The molecule has 124 valence electrons. The Morgan fingerprint density at radius 2 is 2.00 bits per heavy atom. The summed E-state index contributed by atoms with van der Waals surface area (Å²) in [6.07, 6.45) is 1.57. The van der Waals surface area contributed by atoms with Gasteiger partial charge in [0.1, 0.15) is 5.75 Å². The highest BCUT2D eigenvalue weighted by atomic mass is 32.1. The summed E-state index contributed by atoms with van der Waals surface area (Å²) in [6, 6.07) is 10.0. The maximum Gasteiger partial charge on any atom is 0.240 e. The predicted octanol–water partition coefficient (Wildman–Crippen LogP) is 3.56. The van der Waals surface area contributed by atoms with Crippen LogP contribution in [0.2, 0.25) is 0 Å². The second-order valence-corrected chi connectivity index (χ2v) is 6.88. The van der Waals surface area contributed by atoms with Crippen LogP contribution in [0.25, 0.3) is 11.1 Å². The largest absolute Gasteiger partial charge is 0.497 e. The molecular weight excluding hydrogens is 308 g/mol. The molecule has 0 radical (unpaired) electrons. The molecule has 0 aliphatic rings. The summed E-state index contributed by atoms with van der Waals surface area (Å²) in [5, 5.41) is 5.03. The van der Waals surface area contributed by atoms with Crippen LogP contribution in [-0.4, -0.2) is 18.6 Å². The third kappa shape index (κ3) is 4.56. The van der Waals surface area contributed by atoms with Gasteiger partial charge in [0.05, 0.1) is 19.2 Å². The number of benzene rings is 1. The van der Waals surface area contributed by atoms with Gasteiger partial charge in [0, 0.05) is 4.88 Å². The Bertz CT molecular complexity index is 647. The molecule has 2 rings (SSSR count). The second-order valence-electron chi connectivity index (χ2n) is 5.88. The SMILES string of the molecule is CCCC(C)(N)C(=O)NCc1cc(-c2ccc(OC)cc2)cs1. The number of thiophene rings is 1. The normalized spacial score (nSPS) is 13.4. The standard InChI is InChI=1S/C18H24N2O2S/c1-4-9-18(2,19)17(21)20-11-16-10-14(12-23-16)13-5-7-15(22-3)8-6-13/h5-8,10,12H,4,9,11,19H2,1-3H3,(H,20,21). The monoisotopic (exact) mass is 332 g/mol.